The molecular weight excluding hydrogens is 284 g/mol. The van der Waals surface area contributed by atoms with E-state index >= 15 is 0 Å². The topological polar surface area (TPSA) is 0 Å². The van der Waals surface area contributed by atoms with Crippen LogP contribution in [0.25, 0.3) is 0 Å². The first kappa shape index (κ1) is 18.4. The fourth-order valence-corrected chi connectivity index (χ4v) is 9.43. The summed E-state index contributed by atoms with van der Waals surface area (Å²) >= 11 is 8.15. The standard InChI is InChI=1S/C13H28S4/c1-10(2)15-12(5,6)17-13(7,8)16-11(3,4)14-9/h10H,1-9H3. The Hall–Kier alpha value is 1.40. The molecule has 0 saturated carbocycles. The molecule has 0 N–H and O–H groups in total. The van der Waals surface area contributed by atoms with Gasteiger partial charge in [0, 0.05) is 5.25 Å². The van der Waals surface area contributed by atoms with Gasteiger partial charge in [0.1, 0.15) is 0 Å². The van der Waals surface area contributed by atoms with Gasteiger partial charge >= 0.3 is 0 Å². The number of hydrogen-bond donors (Lipinski definition) is 0. The molecule has 0 atom stereocenters. The molecule has 0 aromatic rings. The Labute approximate surface area is 126 Å². The molecule has 0 rings (SSSR count). The van der Waals surface area contributed by atoms with E-state index in [-0.39, 0.29) is 12.2 Å². The van der Waals surface area contributed by atoms with E-state index in [1.54, 1.807) is 0 Å². The molecule has 0 aliphatic heterocycles. The Balaban J connectivity index is 4.53. The molecule has 0 amide bonds. The van der Waals surface area contributed by atoms with Crippen LogP contribution in [-0.4, -0.2) is 23.7 Å². The van der Waals surface area contributed by atoms with E-state index in [4.69, 9.17) is 0 Å². The van der Waals surface area contributed by atoms with E-state index in [0.29, 0.717) is 5.25 Å². The summed E-state index contributed by atoms with van der Waals surface area (Å²) in [5.41, 5.74) is 0. The maximum Gasteiger partial charge on any atom is 0.0582 e. The Bertz CT molecular complexity index is 232. The van der Waals surface area contributed by atoms with Crippen molar-refractivity contribution < 1.29 is 0 Å². The molecule has 0 aliphatic carbocycles. The normalized spacial score (nSPS) is 14.5. The van der Waals surface area contributed by atoms with Gasteiger partial charge in [-0.25, -0.2) is 0 Å². The van der Waals surface area contributed by atoms with E-state index in [2.05, 4.69) is 96.9 Å². The van der Waals surface area contributed by atoms with Crippen LogP contribution in [0.15, 0.2) is 0 Å². The van der Waals surface area contributed by atoms with Crippen LogP contribution in [0, 0.1) is 0 Å². The van der Waals surface area contributed by atoms with Crippen molar-refractivity contribution in [3.63, 3.8) is 0 Å². The summed E-state index contributed by atoms with van der Waals surface area (Å²) in [5, 5.41) is 0.687. The van der Waals surface area contributed by atoms with Crippen LogP contribution in [0.1, 0.15) is 55.4 Å². The lowest BCUT2D eigenvalue weighted by atomic mass is 10.5. The van der Waals surface area contributed by atoms with Crippen LogP contribution in [0.3, 0.4) is 0 Å². The quantitative estimate of drug-likeness (QED) is 0.516. The highest BCUT2D eigenvalue weighted by molar-refractivity contribution is 8.29. The van der Waals surface area contributed by atoms with Gasteiger partial charge < -0.3 is 0 Å². The molecule has 0 nitrogen and oxygen atoms in total. The Morgan fingerprint density at radius 3 is 1.47 bits per heavy atom. The van der Waals surface area contributed by atoms with Gasteiger partial charge in [-0.15, -0.1) is 47.0 Å². The number of rotatable bonds is 7. The first-order valence-electron chi connectivity index (χ1n) is 6.02. The van der Waals surface area contributed by atoms with Crippen LogP contribution in [0.4, 0.5) is 0 Å². The fourth-order valence-electron chi connectivity index (χ4n) is 1.84. The minimum Gasteiger partial charge on any atom is -0.148 e. The van der Waals surface area contributed by atoms with Crippen LogP contribution < -0.4 is 0 Å². The van der Waals surface area contributed by atoms with Gasteiger partial charge in [-0.05, 0) is 47.8 Å². The molecule has 0 heterocycles. The van der Waals surface area contributed by atoms with E-state index in [9.17, 15) is 0 Å². The molecule has 0 saturated heterocycles. The minimum atomic E-state index is 0.248. The lowest BCUT2D eigenvalue weighted by Gasteiger charge is -2.38. The maximum atomic E-state index is 2.35. The smallest absolute Gasteiger partial charge is 0.0582 e. The van der Waals surface area contributed by atoms with Crippen molar-refractivity contribution in [2.75, 3.05) is 6.26 Å². The predicted octanol–water partition coefficient (Wildman–Crippen LogP) is 6.17. The highest BCUT2D eigenvalue weighted by Gasteiger charge is 2.35. The molecule has 0 aromatic carbocycles. The summed E-state index contributed by atoms with van der Waals surface area (Å²) in [4.78, 5) is 0. The average Bonchev–Trinajstić information content (AvgIpc) is 1.96. The highest BCUT2D eigenvalue weighted by Crippen LogP contribution is 2.54. The van der Waals surface area contributed by atoms with Gasteiger partial charge in [0.15, 0.2) is 0 Å². The molecule has 0 radical (unpaired) electrons. The highest BCUT2D eigenvalue weighted by atomic mass is 32.2. The monoisotopic (exact) mass is 312 g/mol. The van der Waals surface area contributed by atoms with E-state index < -0.39 is 0 Å². The van der Waals surface area contributed by atoms with Gasteiger partial charge in [-0.1, -0.05) is 13.8 Å². The third-order valence-corrected chi connectivity index (χ3v) is 7.77. The van der Waals surface area contributed by atoms with Crippen molar-refractivity contribution in [2.24, 2.45) is 0 Å². The second kappa shape index (κ2) is 6.71. The van der Waals surface area contributed by atoms with Crippen molar-refractivity contribution in [3.05, 3.63) is 0 Å². The first-order valence-corrected chi connectivity index (χ1v) is 9.76. The summed E-state index contributed by atoms with van der Waals surface area (Å²) in [6.07, 6.45) is 2.20. The Morgan fingerprint density at radius 1 is 0.706 bits per heavy atom. The SMILES string of the molecule is CSC(C)(C)SC(C)(C)SC(C)(C)SC(C)C. The predicted molar refractivity (Wildman–Crippen MR) is 93.7 cm³/mol. The lowest BCUT2D eigenvalue weighted by molar-refractivity contribution is 0.930. The largest absolute Gasteiger partial charge is 0.148 e. The molecule has 4 heteroatoms. The van der Waals surface area contributed by atoms with Crippen LogP contribution in [0.2, 0.25) is 0 Å². The second-order valence-electron chi connectivity index (χ2n) is 5.77. The fraction of sp³-hybridized carbons (Fsp3) is 1.00. The summed E-state index contributed by atoms with van der Waals surface area (Å²) in [6, 6.07) is 0. The maximum absolute atomic E-state index is 2.35. The average molecular weight is 313 g/mol. The number of hydrogen-bond acceptors (Lipinski definition) is 4. The summed E-state index contributed by atoms with van der Waals surface area (Å²) in [5.74, 6) is 0. The molecule has 0 spiro atoms. The van der Waals surface area contributed by atoms with Gasteiger partial charge in [-0.2, -0.15) is 0 Å². The van der Waals surface area contributed by atoms with E-state index in [1.165, 1.54) is 0 Å². The van der Waals surface area contributed by atoms with Gasteiger partial charge in [0.2, 0.25) is 0 Å². The minimum absolute atomic E-state index is 0.248. The Morgan fingerprint density at radius 2 is 1.12 bits per heavy atom. The van der Waals surface area contributed by atoms with E-state index in [1.807, 2.05) is 11.8 Å². The molecule has 0 fully saturated rings. The molecule has 0 bridgehead atoms. The van der Waals surface area contributed by atoms with E-state index in [0.717, 1.165) is 0 Å². The third kappa shape index (κ3) is 9.01. The van der Waals surface area contributed by atoms with Crippen LogP contribution in [-0.2, 0) is 0 Å². The van der Waals surface area contributed by atoms with Crippen molar-refractivity contribution >= 4 is 47.0 Å². The van der Waals surface area contributed by atoms with Gasteiger partial charge in [0.05, 0.1) is 12.2 Å². The van der Waals surface area contributed by atoms with Crippen LogP contribution >= 0.6 is 47.0 Å². The van der Waals surface area contributed by atoms with Crippen molar-refractivity contribution in [2.45, 2.75) is 72.9 Å². The molecule has 0 unspecified atom stereocenters. The lowest BCUT2D eigenvalue weighted by Crippen LogP contribution is -2.26. The van der Waals surface area contributed by atoms with Gasteiger partial charge in [0.25, 0.3) is 0 Å². The zero-order valence-electron chi connectivity index (χ0n) is 12.7. The molecule has 104 valence electrons. The second-order valence-corrected chi connectivity index (χ2v) is 14.7. The summed E-state index contributed by atoms with van der Waals surface area (Å²) < 4.78 is 0.812. The molecule has 0 aromatic heterocycles. The zero-order chi connectivity index (χ0) is 13.9. The molecule has 17 heavy (non-hydrogen) atoms. The van der Waals surface area contributed by atoms with Crippen molar-refractivity contribution in [3.8, 4) is 0 Å². The first-order chi connectivity index (χ1) is 7.39. The zero-order valence-corrected chi connectivity index (χ0v) is 16.0. The Kier molecular flexibility index (Phi) is 7.27. The summed E-state index contributed by atoms with van der Waals surface area (Å²) in [7, 11) is 0. The van der Waals surface area contributed by atoms with Crippen molar-refractivity contribution in [1.82, 2.24) is 0 Å². The van der Waals surface area contributed by atoms with Crippen molar-refractivity contribution in [1.29, 1.82) is 0 Å². The number of thioether (sulfide) groups is 4. The van der Waals surface area contributed by atoms with Crippen LogP contribution in [0.5, 0.6) is 0 Å². The molecule has 0 aliphatic rings. The third-order valence-electron chi connectivity index (χ3n) is 1.99. The molecular formula is C13H28S4. The van der Waals surface area contributed by atoms with Gasteiger partial charge in [-0.3, -0.25) is 0 Å². The summed E-state index contributed by atoms with van der Waals surface area (Å²) in [6.45, 7) is 18.6.